The largest absolute Gasteiger partial charge is 0.507 e. The minimum Gasteiger partial charge on any atom is -0.507 e. The zero-order valence-electron chi connectivity index (χ0n) is 14.6. The fourth-order valence-electron chi connectivity index (χ4n) is 3.28. The number of phenolic OH excluding ortho intramolecular Hbond substituents is 1. The molecule has 0 aliphatic carbocycles. The number of ether oxygens (including phenoxy) is 3. The van der Waals surface area contributed by atoms with Crippen LogP contribution in [0.5, 0.6) is 23.0 Å². The number of methoxy groups -OCH3 is 2. The molecule has 0 bridgehead atoms. The highest BCUT2D eigenvalue weighted by atomic mass is 16.5. The van der Waals surface area contributed by atoms with Crippen LogP contribution in [0.4, 0.5) is 0 Å². The average Bonchev–Trinajstić information content (AvgIpc) is 2.63. The van der Waals surface area contributed by atoms with Crippen molar-refractivity contribution in [2.45, 2.75) is 32.2 Å². The topological polar surface area (TPSA) is 88.4 Å². The predicted octanol–water partition coefficient (Wildman–Crippen LogP) is 2.55. The summed E-state index contributed by atoms with van der Waals surface area (Å²) in [5, 5.41) is 31.6. The molecular weight excluding hydrogens is 324 g/mol. The van der Waals surface area contributed by atoms with Gasteiger partial charge >= 0.3 is 0 Å². The number of fused-ring (bicyclic) bond motifs is 1. The standard InChI is InChI=1S/C19H22O6/c1-9-14(20)10(2)18-13(17(9)24-4)15(21)16(22)19(25-18)11-5-7-12(23-3)8-6-11/h5-8,15-16,19-22H,1-4H3/t15-,16-,19+/m0/s1. The van der Waals surface area contributed by atoms with E-state index >= 15 is 0 Å². The smallest absolute Gasteiger partial charge is 0.152 e. The van der Waals surface area contributed by atoms with Crippen molar-refractivity contribution < 1.29 is 29.5 Å². The van der Waals surface area contributed by atoms with Gasteiger partial charge in [-0.3, -0.25) is 0 Å². The first kappa shape index (κ1) is 17.4. The zero-order valence-corrected chi connectivity index (χ0v) is 14.6. The monoisotopic (exact) mass is 346 g/mol. The Kier molecular flexibility index (Phi) is 4.49. The summed E-state index contributed by atoms with van der Waals surface area (Å²) in [5.74, 6) is 1.38. The average molecular weight is 346 g/mol. The molecule has 2 aromatic rings. The van der Waals surface area contributed by atoms with Gasteiger partial charge in [0.25, 0.3) is 0 Å². The second-order valence-electron chi connectivity index (χ2n) is 6.12. The normalized spacial score (nSPS) is 22.1. The number of hydrogen-bond donors (Lipinski definition) is 3. The maximum atomic E-state index is 10.7. The molecule has 0 aromatic heterocycles. The Balaban J connectivity index is 2.11. The molecule has 0 unspecified atom stereocenters. The molecule has 0 saturated heterocycles. The minimum absolute atomic E-state index is 0.0488. The van der Waals surface area contributed by atoms with Gasteiger partial charge in [0.1, 0.15) is 35.2 Å². The fraction of sp³-hybridized carbons (Fsp3) is 0.368. The molecule has 0 saturated carbocycles. The molecule has 0 spiro atoms. The van der Waals surface area contributed by atoms with E-state index < -0.39 is 18.3 Å². The van der Waals surface area contributed by atoms with Crippen LogP contribution in [-0.4, -0.2) is 35.6 Å². The summed E-state index contributed by atoms with van der Waals surface area (Å²) in [7, 11) is 3.02. The lowest BCUT2D eigenvalue weighted by Crippen LogP contribution is -2.35. The summed E-state index contributed by atoms with van der Waals surface area (Å²) in [6.07, 6.45) is -3.17. The lowest BCUT2D eigenvalue weighted by atomic mass is 9.88. The molecule has 6 heteroatoms. The van der Waals surface area contributed by atoms with Crippen molar-refractivity contribution >= 4 is 0 Å². The van der Waals surface area contributed by atoms with Gasteiger partial charge in [-0.05, 0) is 31.5 Å². The van der Waals surface area contributed by atoms with E-state index in [1.807, 2.05) is 0 Å². The van der Waals surface area contributed by atoms with E-state index in [0.717, 1.165) is 0 Å². The minimum atomic E-state index is -1.20. The maximum absolute atomic E-state index is 10.7. The van der Waals surface area contributed by atoms with Crippen LogP contribution in [0, 0.1) is 13.8 Å². The van der Waals surface area contributed by atoms with Crippen LogP contribution < -0.4 is 14.2 Å². The highest BCUT2D eigenvalue weighted by molar-refractivity contribution is 5.63. The Bertz CT molecular complexity index is 784. The van der Waals surface area contributed by atoms with Gasteiger partial charge in [-0.2, -0.15) is 0 Å². The maximum Gasteiger partial charge on any atom is 0.152 e. The molecule has 1 aliphatic heterocycles. The highest BCUT2D eigenvalue weighted by Crippen LogP contribution is 2.51. The Morgan fingerprint density at radius 2 is 1.60 bits per heavy atom. The first-order chi connectivity index (χ1) is 11.9. The number of rotatable bonds is 3. The molecule has 3 rings (SSSR count). The number of aliphatic hydroxyl groups is 2. The summed E-state index contributed by atoms with van der Waals surface area (Å²) < 4.78 is 16.5. The molecule has 0 radical (unpaired) electrons. The van der Waals surface area contributed by atoms with Gasteiger partial charge in [0, 0.05) is 11.1 Å². The van der Waals surface area contributed by atoms with E-state index in [1.165, 1.54) is 7.11 Å². The van der Waals surface area contributed by atoms with Crippen LogP contribution in [0.2, 0.25) is 0 Å². The van der Waals surface area contributed by atoms with E-state index in [4.69, 9.17) is 14.2 Å². The highest BCUT2D eigenvalue weighted by Gasteiger charge is 2.41. The molecule has 0 amide bonds. The SMILES string of the molecule is COc1ccc([C@H]2Oc3c(C)c(O)c(C)c(OC)c3[C@H](O)[C@@H]2O)cc1. The third kappa shape index (κ3) is 2.67. The van der Waals surface area contributed by atoms with Crippen molar-refractivity contribution in [1.82, 2.24) is 0 Å². The number of aliphatic hydroxyl groups excluding tert-OH is 2. The number of hydrogen-bond acceptors (Lipinski definition) is 6. The van der Waals surface area contributed by atoms with E-state index in [-0.39, 0.29) is 5.75 Å². The van der Waals surface area contributed by atoms with Crippen LogP contribution in [0.25, 0.3) is 0 Å². The molecule has 25 heavy (non-hydrogen) atoms. The van der Waals surface area contributed by atoms with Crippen LogP contribution >= 0.6 is 0 Å². The number of benzene rings is 2. The van der Waals surface area contributed by atoms with E-state index in [9.17, 15) is 15.3 Å². The Morgan fingerprint density at radius 3 is 2.16 bits per heavy atom. The lowest BCUT2D eigenvalue weighted by Gasteiger charge is -2.36. The summed E-state index contributed by atoms with van der Waals surface area (Å²) in [4.78, 5) is 0. The lowest BCUT2D eigenvalue weighted by molar-refractivity contribution is -0.0714. The first-order valence-corrected chi connectivity index (χ1v) is 7.97. The first-order valence-electron chi connectivity index (χ1n) is 7.97. The third-order valence-electron chi connectivity index (χ3n) is 4.70. The Labute approximate surface area is 146 Å². The number of aromatic hydroxyl groups is 1. The zero-order chi connectivity index (χ0) is 18.3. The van der Waals surface area contributed by atoms with Crippen molar-refractivity contribution in [2.75, 3.05) is 14.2 Å². The molecule has 6 nitrogen and oxygen atoms in total. The van der Waals surface area contributed by atoms with Crippen molar-refractivity contribution in [3.63, 3.8) is 0 Å². The van der Waals surface area contributed by atoms with Gasteiger partial charge in [-0.25, -0.2) is 0 Å². The molecule has 2 aromatic carbocycles. The summed E-state index contributed by atoms with van der Waals surface area (Å²) >= 11 is 0. The van der Waals surface area contributed by atoms with Crippen LogP contribution in [0.3, 0.4) is 0 Å². The summed E-state index contributed by atoms with van der Waals surface area (Å²) in [6.45, 7) is 3.40. The van der Waals surface area contributed by atoms with Crippen molar-refractivity contribution in [3.05, 3.63) is 46.5 Å². The Hall–Kier alpha value is -2.44. The summed E-state index contributed by atoms with van der Waals surface area (Å²) in [5.41, 5.74) is 2.04. The molecule has 1 heterocycles. The van der Waals surface area contributed by atoms with Crippen LogP contribution in [0.15, 0.2) is 24.3 Å². The van der Waals surface area contributed by atoms with Crippen molar-refractivity contribution in [2.24, 2.45) is 0 Å². The van der Waals surface area contributed by atoms with Gasteiger partial charge in [0.2, 0.25) is 0 Å². The second-order valence-corrected chi connectivity index (χ2v) is 6.12. The van der Waals surface area contributed by atoms with Gasteiger partial charge in [-0.1, -0.05) is 12.1 Å². The van der Waals surface area contributed by atoms with Crippen molar-refractivity contribution in [3.8, 4) is 23.0 Å². The van der Waals surface area contributed by atoms with E-state index in [1.54, 1.807) is 45.2 Å². The van der Waals surface area contributed by atoms with Crippen LogP contribution in [-0.2, 0) is 0 Å². The second kappa shape index (κ2) is 6.46. The van der Waals surface area contributed by atoms with Gasteiger partial charge in [0.15, 0.2) is 6.10 Å². The molecule has 134 valence electrons. The number of phenols is 1. The van der Waals surface area contributed by atoms with Gasteiger partial charge in [-0.15, -0.1) is 0 Å². The molecule has 0 fully saturated rings. The molecular formula is C19H22O6. The molecule has 3 N–H and O–H groups in total. The van der Waals surface area contributed by atoms with Gasteiger partial charge in [0.05, 0.1) is 19.8 Å². The quantitative estimate of drug-likeness (QED) is 0.792. The predicted molar refractivity (Wildman–Crippen MR) is 91.5 cm³/mol. The van der Waals surface area contributed by atoms with E-state index in [0.29, 0.717) is 39.5 Å². The molecule has 1 aliphatic rings. The fourth-order valence-corrected chi connectivity index (χ4v) is 3.28. The van der Waals surface area contributed by atoms with Crippen LogP contribution in [0.1, 0.15) is 34.5 Å². The Morgan fingerprint density at radius 1 is 0.960 bits per heavy atom. The third-order valence-corrected chi connectivity index (χ3v) is 4.70. The molecule has 3 atom stereocenters. The van der Waals surface area contributed by atoms with Crippen molar-refractivity contribution in [1.29, 1.82) is 0 Å². The van der Waals surface area contributed by atoms with E-state index in [2.05, 4.69) is 0 Å². The summed E-state index contributed by atoms with van der Waals surface area (Å²) in [6, 6.07) is 7.05. The van der Waals surface area contributed by atoms with Gasteiger partial charge < -0.3 is 29.5 Å².